The number of methoxy groups -OCH3 is 1. The maximum absolute atomic E-state index is 12.9. The fourth-order valence-electron chi connectivity index (χ4n) is 9.43. The Balaban J connectivity index is 1.12. The molecule has 2 aliphatic heterocycles. The van der Waals surface area contributed by atoms with E-state index < -0.39 is 5.60 Å². The molecule has 5 atom stereocenters. The molecule has 3 fully saturated rings. The largest absolute Gasteiger partial charge is 0.493 e. The van der Waals surface area contributed by atoms with E-state index in [9.17, 15) is 5.11 Å². The molecule has 1 spiro atoms. The lowest BCUT2D eigenvalue weighted by Crippen LogP contribution is -2.78. The molecule has 7 rings (SSSR count). The van der Waals surface area contributed by atoms with Gasteiger partial charge in [-0.1, -0.05) is 62.6 Å². The third kappa shape index (κ3) is 4.79. The zero-order valence-electron chi connectivity index (χ0n) is 26.0. The van der Waals surface area contributed by atoms with Crippen LogP contribution in [0.2, 0.25) is 0 Å². The predicted molar refractivity (Wildman–Crippen MR) is 169 cm³/mol. The molecule has 1 saturated heterocycles. The van der Waals surface area contributed by atoms with E-state index in [1.807, 2.05) is 0 Å². The first-order valence-corrected chi connectivity index (χ1v) is 17.2. The van der Waals surface area contributed by atoms with E-state index >= 15 is 0 Å². The number of nitrogens with zero attached hydrogens (tertiary/aromatic N) is 2. The summed E-state index contributed by atoms with van der Waals surface area (Å²) >= 11 is 0. The van der Waals surface area contributed by atoms with Crippen LogP contribution in [-0.2, 0) is 18.3 Å². The molecule has 1 N–H and O–H groups in total. The number of rotatable bonds is 14. The first-order valence-electron chi connectivity index (χ1n) is 17.2. The Morgan fingerprint density at radius 1 is 0.976 bits per heavy atom. The highest BCUT2D eigenvalue weighted by Crippen LogP contribution is 2.66. The molecule has 5 heteroatoms. The van der Waals surface area contributed by atoms with Gasteiger partial charge in [0.15, 0.2) is 11.5 Å². The average Bonchev–Trinajstić information content (AvgIpc) is 3.76. The van der Waals surface area contributed by atoms with Crippen LogP contribution in [0.4, 0.5) is 0 Å². The fraction of sp³-hybridized carbons (Fsp3) is 0.676. The van der Waals surface area contributed by atoms with Crippen molar-refractivity contribution in [3.8, 4) is 11.5 Å². The Labute approximate surface area is 253 Å². The smallest absolute Gasteiger partial charge is 0.165 e. The number of ether oxygens (including phenoxy) is 2. The normalized spacial score (nSPS) is 31.2. The van der Waals surface area contributed by atoms with Gasteiger partial charge in [0, 0.05) is 24.2 Å². The number of benzene rings is 2. The lowest BCUT2D eigenvalue weighted by Gasteiger charge is -2.65. The van der Waals surface area contributed by atoms with Gasteiger partial charge in [-0.3, -0.25) is 9.80 Å². The molecule has 3 aliphatic carbocycles. The topological polar surface area (TPSA) is 45.2 Å². The zero-order valence-corrected chi connectivity index (χ0v) is 26.0. The molecule has 0 amide bonds. The summed E-state index contributed by atoms with van der Waals surface area (Å²) in [6.07, 6.45) is 15.2. The van der Waals surface area contributed by atoms with Gasteiger partial charge in [-0.05, 0) is 107 Å². The van der Waals surface area contributed by atoms with Gasteiger partial charge in [0.05, 0.1) is 18.1 Å². The fourth-order valence-corrected chi connectivity index (χ4v) is 9.43. The lowest BCUT2D eigenvalue weighted by atomic mass is 9.48. The van der Waals surface area contributed by atoms with Crippen molar-refractivity contribution in [2.75, 3.05) is 33.3 Å². The first kappa shape index (κ1) is 28.7. The molecule has 228 valence electrons. The van der Waals surface area contributed by atoms with E-state index in [1.54, 1.807) is 7.11 Å². The molecule has 2 heterocycles. The third-order valence-corrected chi connectivity index (χ3v) is 11.7. The highest BCUT2D eigenvalue weighted by molar-refractivity contribution is 5.63. The number of likely N-dealkylation sites (tertiary alicyclic amines) is 1. The predicted octanol–water partition coefficient (Wildman–Crippen LogP) is 6.53. The maximum Gasteiger partial charge on any atom is 0.165 e. The first-order chi connectivity index (χ1) is 20.6. The third-order valence-electron chi connectivity index (χ3n) is 11.7. The number of aryl methyl sites for hydroxylation is 1. The molecule has 2 aromatic carbocycles. The highest BCUT2D eigenvalue weighted by Gasteiger charge is 2.73. The van der Waals surface area contributed by atoms with Crippen LogP contribution in [0.3, 0.4) is 0 Å². The van der Waals surface area contributed by atoms with E-state index in [2.05, 4.69) is 59.2 Å². The summed E-state index contributed by atoms with van der Waals surface area (Å²) in [7, 11) is 1.76. The van der Waals surface area contributed by atoms with E-state index in [4.69, 9.17) is 9.47 Å². The molecule has 0 radical (unpaired) electrons. The van der Waals surface area contributed by atoms with Gasteiger partial charge in [0.25, 0.3) is 0 Å². The van der Waals surface area contributed by atoms with Crippen LogP contribution in [0.1, 0.15) is 94.2 Å². The van der Waals surface area contributed by atoms with Crippen molar-refractivity contribution < 1.29 is 14.6 Å². The Hall–Kier alpha value is -2.08. The minimum Gasteiger partial charge on any atom is -0.493 e. The van der Waals surface area contributed by atoms with Gasteiger partial charge in [-0.2, -0.15) is 0 Å². The Bertz CT molecular complexity index is 1230. The summed E-state index contributed by atoms with van der Waals surface area (Å²) in [6, 6.07) is 15.8. The number of hydrogen-bond acceptors (Lipinski definition) is 5. The maximum atomic E-state index is 12.9. The minimum atomic E-state index is -0.736. The van der Waals surface area contributed by atoms with Crippen LogP contribution in [-0.4, -0.2) is 72.0 Å². The summed E-state index contributed by atoms with van der Waals surface area (Å²) in [5.74, 6) is 2.62. The molecule has 2 bridgehead atoms. The van der Waals surface area contributed by atoms with Crippen LogP contribution < -0.4 is 9.47 Å². The Morgan fingerprint density at radius 3 is 2.57 bits per heavy atom. The number of unbranched alkanes of at least 4 members (excludes halogenated alkanes) is 4. The van der Waals surface area contributed by atoms with Crippen LogP contribution >= 0.6 is 0 Å². The van der Waals surface area contributed by atoms with Gasteiger partial charge in [-0.25, -0.2) is 0 Å². The molecule has 2 saturated carbocycles. The zero-order chi connectivity index (χ0) is 28.7. The summed E-state index contributed by atoms with van der Waals surface area (Å²) in [5, 5.41) is 12.9. The van der Waals surface area contributed by atoms with Crippen LogP contribution in [0.15, 0.2) is 42.5 Å². The van der Waals surface area contributed by atoms with Gasteiger partial charge in [-0.15, -0.1) is 0 Å². The van der Waals surface area contributed by atoms with Crippen molar-refractivity contribution in [1.82, 2.24) is 9.80 Å². The SMILES string of the molecule is CCCCN(CCCCCCc1ccccc1)[C@H]1CC[C@@]2(O)[C@H]3Cc4ccc(OC)c5c4[C@@]2(CCN3CC2CC2)[C@H]1O5. The van der Waals surface area contributed by atoms with Crippen molar-refractivity contribution in [3.63, 3.8) is 0 Å². The number of hydrogen-bond donors (Lipinski definition) is 1. The minimum absolute atomic E-state index is 0.0119. The van der Waals surface area contributed by atoms with Gasteiger partial charge in [0.1, 0.15) is 6.10 Å². The van der Waals surface area contributed by atoms with Crippen molar-refractivity contribution in [1.29, 1.82) is 0 Å². The quantitative estimate of drug-likeness (QED) is 0.261. The van der Waals surface area contributed by atoms with Crippen LogP contribution in [0.5, 0.6) is 11.5 Å². The second kappa shape index (κ2) is 11.8. The van der Waals surface area contributed by atoms with E-state index in [1.165, 1.54) is 74.5 Å². The summed E-state index contributed by atoms with van der Waals surface area (Å²) in [5.41, 5.74) is 3.08. The molecule has 42 heavy (non-hydrogen) atoms. The van der Waals surface area contributed by atoms with E-state index in [-0.39, 0.29) is 17.6 Å². The van der Waals surface area contributed by atoms with Gasteiger partial charge >= 0.3 is 0 Å². The van der Waals surface area contributed by atoms with Crippen molar-refractivity contribution in [2.45, 2.75) is 120 Å². The number of aliphatic hydroxyl groups is 1. The summed E-state index contributed by atoms with van der Waals surface area (Å²) in [4.78, 5) is 5.45. The van der Waals surface area contributed by atoms with Crippen LogP contribution in [0, 0.1) is 5.92 Å². The van der Waals surface area contributed by atoms with Crippen molar-refractivity contribution in [2.24, 2.45) is 5.92 Å². The molecule has 0 aromatic heterocycles. The van der Waals surface area contributed by atoms with Gasteiger partial charge < -0.3 is 14.6 Å². The monoisotopic (exact) mass is 572 g/mol. The average molecular weight is 573 g/mol. The molecule has 5 nitrogen and oxygen atoms in total. The summed E-state index contributed by atoms with van der Waals surface area (Å²) < 4.78 is 13.0. The van der Waals surface area contributed by atoms with E-state index in [0.29, 0.717) is 6.04 Å². The lowest BCUT2D eigenvalue weighted by molar-refractivity contribution is -0.200. The molecular formula is C37H52N2O3. The molecule has 5 aliphatic rings. The molecular weight excluding hydrogens is 520 g/mol. The number of piperidine rings is 1. The van der Waals surface area contributed by atoms with Crippen molar-refractivity contribution in [3.05, 3.63) is 59.2 Å². The second-order valence-electron chi connectivity index (χ2n) is 14.1. The van der Waals surface area contributed by atoms with Crippen molar-refractivity contribution >= 4 is 0 Å². The Kier molecular flexibility index (Phi) is 8.04. The Morgan fingerprint density at radius 2 is 1.79 bits per heavy atom. The van der Waals surface area contributed by atoms with Gasteiger partial charge in [0.2, 0.25) is 0 Å². The standard InChI is InChI=1S/C37H52N2O3/c1-3-4-22-38(23-11-6-5-8-12-27-13-9-7-10-14-27)30-19-20-37(40)32-25-29-17-18-31(41-2)34-33(29)36(37,35(30)42-34)21-24-39(32)26-28-15-16-28/h7,9-10,13-14,17-18,28,30,32,35,40H,3-6,8,11-12,15-16,19-26H2,1-2H3/t30-,32+,35-,36-,37+/m0/s1. The highest BCUT2D eigenvalue weighted by atomic mass is 16.5. The summed E-state index contributed by atoms with van der Waals surface area (Å²) in [6.45, 7) is 6.78. The molecule has 2 aromatic rings. The van der Waals surface area contributed by atoms with E-state index in [0.717, 1.165) is 69.3 Å². The van der Waals surface area contributed by atoms with Crippen LogP contribution in [0.25, 0.3) is 0 Å². The second-order valence-corrected chi connectivity index (χ2v) is 14.1. The molecule has 0 unspecified atom stereocenters.